The van der Waals surface area contributed by atoms with Gasteiger partial charge in [0.25, 0.3) is 0 Å². The Hall–Kier alpha value is -0.850. The third-order valence-corrected chi connectivity index (χ3v) is 6.19. The topological polar surface area (TPSA) is 61.6 Å². The number of nitrogens with zero attached hydrogens (tertiary/aromatic N) is 2. The van der Waals surface area contributed by atoms with Gasteiger partial charge in [0, 0.05) is 32.2 Å². The van der Waals surface area contributed by atoms with E-state index in [9.17, 15) is 4.79 Å². The van der Waals surface area contributed by atoms with Crippen LogP contribution >= 0.6 is 24.8 Å². The molecule has 2 fully saturated rings. The van der Waals surface area contributed by atoms with Gasteiger partial charge < -0.3 is 11.1 Å². The quantitative estimate of drug-likeness (QED) is 0.727. The highest BCUT2D eigenvalue weighted by Gasteiger charge is 2.37. The molecule has 7 heteroatoms. The molecule has 0 bridgehead atoms. The van der Waals surface area contributed by atoms with Crippen LogP contribution in [-0.4, -0.2) is 60.5 Å². The summed E-state index contributed by atoms with van der Waals surface area (Å²) in [6.07, 6.45) is 3.15. The zero-order valence-corrected chi connectivity index (χ0v) is 18.7. The minimum absolute atomic E-state index is 0. The molecule has 1 aromatic rings. The first-order chi connectivity index (χ1) is 12.5. The third kappa shape index (κ3) is 6.60. The third-order valence-electron chi connectivity index (χ3n) is 6.19. The monoisotopic (exact) mass is 430 g/mol. The van der Waals surface area contributed by atoms with E-state index in [1.807, 2.05) is 6.92 Å². The Kier molecular flexibility index (Phi) is 10.2. The van der Waals surface area contributed by atoms with Crippen LogP contribution in [0.3, 0.4) is 0 Å². The number of amides is 1. The van der Waals surface area contributed by atoms with E-state index in [1.165, 1.54) is 5.56 Å². The fourth-order valence-corrected chi connectivity index (χ4v) is 4.12. The maximum absolute atomic E-state index is 12.7. The first kappa shape index (κ1) is 25.2. The number of piperidine rings is 1. The smallest absolute Gasteiger partial charge is 0.237 e. The van der Waals surface area contributed by atoms with Crippen LogP contribution in [0.15, 0.2) is 30.3 Å². The van der Waals surface area contributed by atoms with Gasteiger partial charge in [0.1, 0.15) is 0 Å². The van der Waals surface area contributed by atoms with Crippen LogP contribution in [0.2, 0.25) is 0 Å². The van der Waals surface area contributed by atoms with Crippen LogP contribution in [0.25, 0.3) is 0 Å². The molecule has 3 N–H and O–H groups in total. The molecule has 3 rings (SSSR count). The molecule has 160 valence electrons. The van der Waals surface area contributed by atoms with Crippen molar-refractivity contribution in [3.05, 3.63) is 35.9 Å². The van der Waals surface area contributed by atoms with Crippen LogP contribution < -0.4 is 11.1 Å². The summed E-state index contributed by atoms with van der Waals surface area (Å²) in [5, 5.41) is 3.29. The minimum atomic E-state index is -0.0641. The molecule has 28 heavy (non-hydrogen) atoms. The van der Waals surface area contributed by atoms with Crippen LogP contribution in [0.4, 0.5) is 0 Å². The highest BCUT2D eigenvalue weighted by molar-refractivity contribution is 5.85. The van der Waals surface area contributed by atoms with Gasteiger partial charge in [-0.25, -0.2) is 0 Å². The Morgan fingerprint density at radius 2 is 1.86 bits per heavy atom. The van der Waals surface area contributed by atoms with Gasteiger partial charge in [-0.15, -0.1) is 24.8 Å². The van der Waals surface area contributed by atoms with E-state index in [0.717, 1.165) is 52.0 Å². The Morgan fingerprint density at radius 1 is 1.21 bits per heavy atom. The lowest BCUT2D eigenvalue weighted by molar-refractivity contribution is -0.126. The standard InChI is InChI=1S/C21H34N4O.2ClH/c1-17(25-13-10-21(2,15-22)16-25)20(26)23-19-8-11-24(12-9-19)14-18-6-4-3-5-7-18;;/h3-7,17,19H,8-16,22H2,1-2H3,(H,23,26);2*1H. The number of halogens is 2. The lowest BCUT2D eigenvalue weighted by atomic mass is 9.90. The first-order valence-electron chi connectivity index (χ1n) is 10.00. The van der Waals surface area contributed by atoms with E-state index >= 15 is 0 Å². The Bertz CT molecular complexity index is 595. The van der Waals surface area contributed by atoms with Gasteiger partial charge in [-0.3, -0.25) is 14.6 Å². The molecule has 2 atom stereocenters. The highest BCUT2D eigenvalue weighted by atomic mass is 35.5. The summed E-state index contributed by atoms with van der Waals surface area (Å²) in [5.74, 6) is 0.174. The number of benzene rings is 1. The Morgan fingerprint density at radius 3 is 2.43 bits per heavy atom. The largest absolute Gasteiger partial charge is 0.352 e. The fourth-order valence-electron chi connectivity index (χ4n) is 4.12. The maximum atomic E-state index is 12.7. The van der Waals surface area contributed by atoms with E-state index in [-0.39, 0.29) is 42.2 Å². The fraction of sp³-hybridized carbons (Fsp3) is 0.667. The first-order valence-corrected chi connectivity index (χ1v) is 10.00. The zero-order chi connectivity index (χ0) is 18.6. The van der Waals surface area contributed by atoms with Crippen molar-refractivity contribution in [3.8, 4) is 0 Å². The summed E-state index contributed by atoms with van der Waals surface area (Å²) < 4.78 is 0. The van der Waals surface area contributed by atoms with Crippen molar-refractivity contribution in [3.63, 3.8) is 0 Å². The van der Waals surface area contributed by atoms with E-state index in [2.05, 4.69) is 52.4 Å². The summed E-state index contributed by atoms with van der Waals surface area (Å²) in [4.78, 5) is 17.4. The van der Waals surface area contributed by atoms with Gasteiger partial charge in [-0.1, -0.05) is 37.3 Å². The van der Waals surface area contributed by atoms with Crippen molar-refractivity contribution >= 4 is 30.7 Å². The zero-order valence-electron chi connectivity index (χ0n) is 17.1. The van der Waals surface area contributed by atoms with Crippen LogP contribution in [-0.2, 0) is 11.3 Å². The molecule has 0 aliphatic carbocycles. The molecular weight excluding hydrogens is 395 g/mol. The number of carbonyl (C=O) groups excluding carboxylic acids is 1. The predicted octanol–water partition coefficient (Wildman–Crippen LogP) is 2.67. The second-order valence-corrected chi connectivity index (χ2v) is 8.46. The number of nitrogens with two attached hydrogens (primary N) is 1. The molecule has 2 saturated heterocycles. The normalized spacial score (nSPS) is 24.8. The molecule has 1 amide bonds. The number of nitrogens with one attached hydrogen (secondary N) is 1. The summed E-state index contributed by atoms with van der Waals surface area (Å²) in [6.45, 7) is 9.93. The minimum Gasteiger partial charge on any atom is -0.352 e. The van der Waals surface area contributed by atoms with Crippen molar-refractivity contribution in [1.29, 1.82) is 0 Å². The molecule has 5 nitrogen and oxygen atoms in total. The van der Waals surface area contributed by atoms with Gasteiger partial charge in [0.15, 0.2) is 0 Å². The molecule has 0 aromatic heterocycles. The maximum Gasteiger partial charge on any atom is 0.237 e. The van der Waals surface area contributed by atoms with Gasteiger partial charge in [0.2, 0.25) is 5.91 Å². The van der Waals surface area contributed by atoms with E-state index < -0.39 is 0 Å². The molecule has 2 aliphatic heterocycles. The second-order valence-electron chi connectivity index (χ2n) is 8.46. The molecule has 2 aliphatic rings. The van der Waals surface area contributed by atoms with Crippen molar-refractivity contribution in [2.75, 3.05) is 32.7 Å². The van der Waals surface area contributed by atoms with Crippen LogP contribution in [0, 0.1) is 5.41 Å². The van der Waals surface area contributed by atoms with Gasteiger partial charge in [0.05, 0.1) is 6.04 Å². The lowest BCUT2D eigenvalue weighted by Gasteiger charge is -2.34. The van der Waals surface area contributed by atoms with Crippen molar-refractivity contribution < 1.29 is 4.79 Å². The summed E-state index contributed by atoms with van der Waals surface area (Å²) >= 11 is 0. The molecule has 0 radical (unpaired) electrons. The van der Waals surface area contributed by atoms with Gasteiger partial charge in [-0.2, -0.15) is 0 Å². The predicted molar refractivity (Wildman–Crippen MR) is 120 cm³/mol. The summed E-state index contributed by atoms with van der Waals surface area (Å²) in [5.41, 5.74) is 7.42. The van der Waals surface area contributed by atoms with Crippen molar-refractivity contribution in [2.45, 2.75) is 51.7 Å². The molecule has 2 unspecified atom stereocenters. The van der Waals surface area contributed by atoms with Crippen molar-refractivity contribution in [1.82, 2.24) is 15.1 Å². The molecule has 1 aromatic carbocycles. The number of hydrogen-bond acceptors (Lipinski definition) is 4. The van der Waals surface area contributed by atoms with E-state index in [1.54, 1.807) is 0 Å². The average Bonchev–Trinajstić information content (AvgIpc) is 3.06. The average molecular weight is 431 g/mol. The van der Waals surface area contributed by atoms with Crippen molar-refractivity contribution in [2.24, 2.45) is 11.1 Å². The summed E-state index contributed by atoms with van der Waals surface area (Å²) in [6, 6.07) is 10.9. The van der Waals surface area contributed by atoms with Gasteiger partial charge in [-0.05, 0) is 50.3 Å². The molecule has 0 saturated carbocycles. The SMILES string of the molecule is CC(C(=O)NC1CCN(Cc2ccccc2)CC1)N1CCC(C)(CN)C1.Cl.Cl. The Balaban J connectivity index is 0.00000196. The van der Waals surface area contributed by atoms with E-state index in [4.69, 9.17) is 5.73 Å². The Labute approximate surface area is 182 Å². The number of rotatable bonds is 6. The van der Waals surface area contributed by atoms with Gasteiger partial charge >= 0.3 is 0 Å². The molecule has 0 spiro atoms. The summed E-state index contributed by atoms with van der Waals surface area (Å²) in [7, 11) is 0. The number of carbonyl (C=O) groups is 1. The lowest BCUT2D eigenvalue weighted by Crippen LogP contribution is -2.51. The van der Waals surface area contributed by atoms with Crippen LogP contribution in [0.1, 0.15) is 38.7 Å². The number of likely N-dealkylation sites (tertiary alicyclic amines) is 2. The second kappa shape index (κ2) is 11.4. The highest BCUT2D eigenvalue weighted by Crippen LogP contribution is 2.29. The molecular formula is C21H36Cl2N4O. The van der Waals surface area contributed by atoms with Crippen LogP contribution in [0.5, 0.6) is 0 Å². The number of hydrogen-bond donors (Lipinski definition) is 2. The molecule has 2 heterocycles. The van der Waals surface area contributed by atoms with E-state index in [0.29, 0.717) is 12.6 Å².